The molecular formula is C23H23NO3. The summed E-state index contributed by atoms with van der Waals surface area (Å²) in [6.45, 7) is 0.439. The van der Waals surface area contributed by atoms with E-state index in [-0.39, 0.29) is 6.42 Å². The van der Waals surface area contributed by atoms with Gasteiger partial charge in [-0.1, -0.05) is 36.4 Å². The molecule has 1 saturated carbocycles. The van der Waals surface area contributed by atoms with E-state index in [2.05, 4.69) is 29.2 Å². The van der Waals surface area contributed by atoms with Crippen molar-refractivity contribution in [1.82, 2.24) is 4.98 Å². The predicted octanol–water partition coefficient (Wildman–Crippen LogP) is 5.17. The van der Waals surface area contributed by atoms with E-state index in [1.54, 1.807) is 0 Å². The zero-order chi connectivity index (χ0) is 18.6. The second kappa shape index (κ2) is 7.78. The highest BCUT2D eigenvalue weighted by atomic mass is 16.5. The number of aromatic nitrogens is 1. The molecule has 1 aliphatic carbocycles. The summed E-state index contributed by atoms with van der Waals surface area (Å²) in [7, 11) is 0. The Morgan fingerprint density at radius 1 is 1.04 bits per heavy atom. The van der Waals surface area contributed by atoms with Crippen LogP contribution in [0.15, 0.2) is 60.7 Å². The highest BCUT2D eigenvalue weighted by molar-refractivity contribution is 5.78. The molecule has 0 amide bonds. The van der Waals surface area contributed by atoms with E-state index >= 15 is 0 Å². The van der Waals surface area contributed by atoms with Gasteiger partial charge in [0.15, 0.2) is 0 Å². The van der Waals surface area contributed by atoms with Gasteiger partial charge in [0.2, 0.25) is 0 Å². The monoisotopic (exact) mass is 361 g/mol. The molecule has 27 heavy (non-hydrogen) atoms. The Morgan fingerprint density at radius 3 is 2.67 bits per heavy atom. The maximum absolute atomic E-state index is 10.9. The number of ether oxygens (including phenoxy) is 1. The Balaban J connectivity index is 1.35. The average molecular weight is 361 g/mol. The molecular weight excluding hydrogens is 338 g/mol. The molecule has 2 atom stereocenters. The minimum atomic E-state index is -0.688. The number of carboxylic acids is 1. The maximum atomic E-state index is 10.9. The van der Waals surface area contributed by atoms with Gasteiger partial charge in [-0.2, -0.15) is 0 Å². The summed E-state index contributed by atoms with van der Waals surface area (Å²) in [4.78, 5) is 15.5. The molecule has 1 N–H and O–H groups in total. The first-order valence-corrected chi connectivity index (χ1v) is 9.46. The normalized spacial score (nSPS) is 19.3. The number of carboxylic acid groups (broad SMARTS) is 1. The zero-order valence-corrected chi connectivity index (χ0v) is 15.2. The van der Waals surface area contributed by atoms with E-state index in [0.29, 0.717) is 18.4 Å². The summed E-state index contributed by atoms with van der Waals surface area (Å²) in [5.41, 5.74) is 3.16. The van der Waals surface area contributed by atoms with Crippen LogP contribution in [0, 0.1) is 5.92 Å². The molecule has 4 heteroatoms. The molecule has 138 valence electrons. The third-order valence-electron chi connectivity index (χ3n) is 5.40. The summed E-state index contributed by atoms with van der Waals surface area (Å²) in [5.74, 6) is 0.911. The van der Waals surface area contributed by atoms with Crippen LogP contribution in [0.5, 0.6) is 5.75 Å². The average Bonchev–Trinajstić information content (AvgIpc) is 3.14. The van der Waals surface area contributed by atoms with E-state index in [9.17, 15) is 4.79 Å². The first kappa shape index (κ1) is 17.5. The molecule has 0 spiro atoms. The SMILES string of the molecule is O=C(O)CC1CCC(c2ccc(OCc3ccc4ccccc4n3)cc2)C1. The van der Waals surface area contributed by atoms with Gasteiger partial charge < -0.3 is 9.84 Å². The van der Waals surface area contributed by atoms with Crippen molar-refractivity contribution in [3.05, 3.63) is 71.9 Å². The fraction of sp³-hybridized carbons (Fsp3) is 0.304. The molecule has 2 unspecified atom stereocenters. The number of aliphatic carboxylic acids is 1. The number of hydrogen-bond acceptors (Lipinski definition) is 3. The topological polar surface area (TPSA) is 59.4 Å². The first-order chi connectivity index (χ1) is 13.2. The van der Waals surface area contributed by atoms with Crippen LogP contribution in [-0.2, 0) is 11.4 Å². The Hall–Kier alpha value is -2.88. The van der Waals surface area contributed by atoms with Gasteiger partial charge in [-0.25, -0.2) is 4.98 Å². The van der Waals surface area contributed by atoms with Gasteiger partial charge in [0.05, 0.1) is 11.2 Å². The highest BCUT2D eigenvalue weighted by Crippen LogP contribution is 2.40. The van der Waals surface area contributed by atoms with Crippen LogP contribution in [0.4, 0.5) is 0 Å². The number of carbonyl (C=O) groups is 1. The molecule has 0 aliphatic heterocycles. The number of hydrogen-bond donors (Lipinski definition) is 1. The lowest BCUT2D eigenvalue weighted by atomic mass is 9.95. The minimum Gasteiger partial charge on any atom is -0.487 e. The first-order valence-electron chi connectivity index (χ1n) is 9.46. The number of rotatable bonds is 6. The molecule has 0 bridgehead atoms. The van der Waals surface area contributed by atoms with Crippen LogP contribution in [0.2, 0.25) is 0 Å². The second-order valence-electron chi connectivity index (χ2n) is 7.33. The fourth-order valence-electron chi connectivity index (χ4n) is 3.99. The lowest BCUT2D eigenvalue weighted by Gasteiger charge is -2.12. The summed E-state index contributed by atoms with van der Waals surface area (Å²) < 4.78 is 5.89. The largest absolute Gasteiger partial charge is 0.487 e. The van der Waals surface area contributed by atoms with Crippen molar-refractivity contribution >= 4 is 16.9 Å². The van der Waals surface area contributed by atoms with Crippen LogP contribution in [0.25, 0.3) is 10.9 Å². The summed E-state index contributed by atoms with van der Waals surface area (Å²) in [6, 6.07) is 20.3. The van der Waals surface area contributed by atoms with E-state index in [4.69, 9.17) is 9.84 Å². The van der Waals surface area contributed by atoms with Gasteiger partial charge in [-0.15, -0.1) is 0 Å². The van der Waals surface area contributed by atoms with E-state index < -0.39 is 5.97 Å². The third-order valence-corrected chi connectivity index (χ3v) is 5.40. The summed E-state index contributed by atoms with van der Waals surface area (Å²) in [5, 5.41) is 10.1. The van der Waals surface area contributed by atoms with Gasteiger partial charge in [-0.05, 0) is 60.9 Å². The Labute approximate surface area is 158 Å². The predicted molar refractivity (Wildman–Crippen MR) is 105 cm³/mol. The van der Waals surface area contributed by atoms with Gasteiger partial charge >= 0.3 is 5.97 Å². The fourth-order valence-corrected chi connectivity index (χ4v) is 3.99. The molecule has 1 aliphatic rings. The van der Waals surface area contributed by atoms with E-state index in [1.807, 2.05) is 36.4 Å². The van der Waals surface area contributed by atoms with Crippen LogP contribution >= 0.6 is 0 Å². The van der Waals surface area contributed by atoms with Crippen molar-refractivity contribution in [1.29, 1.82) is 0 Å². The number of fused-ring (bicyclic) bond motifs is 1. The lowest BCUT2D eigenvalue weighted by molar-refractivity contribution is -0.138. The maximum Gasteiger partial charge on any atom is 0.303 e. The van der Waals surface area contributed by atoms with Crippen molar-refractivity contribution in [2.75, 3.05) is 0 Å². The van der Waals surface area contributed by atoms with Gasteiger partial charge in [0.25, 0.3) is 0 Å². The molecule has 1 aromatic heterocycles. The van der Waals surface area contributed by atoms with Crippen LogP contribution in [0.1, 0.15) is 42.9 Å². The lowest BCUT2D eigenvalue weighted by Crippen LogP contribution is -2.04. The van der Waals surface area contributed by atoms with Crippen molar-refractivity contribution in [3.8, 4) is 5.75 Å². The summed E-state index contributed by atoms with van der Waals surface area (Å²) in [6.07, 6.45) is 3.33. The smallest absolute Gasteiger partial charge is 0.303 e. The molecule has 1 heterocycles. The molecule has 4 nitrogen and oxygen atoms in total. The minimum absolute atomic E-state index is 0.288. The van der Waals surface area contributed by atoms with Crippen molar-refractivity contribution in [3.63, 3.8) is 0 Å². The van der Waals surface area contributed by atoms with Gasteiger partial charge in [0, 0.05) is 11.8 Å². The molecule has 0 radical (unpaired) electrons. The van der Waals surface area contributed by atoms with Crippen LogP contribution < -0.4 is 4.74 Å². The highest BCUT2D eigenvalue weighted by Gasteiger charge is 2.27. The summed E-state index contributed by atoms with van der Waals surface area (Å²) >= 11 is 0. The van der Waals surface area contributed by atoms with Crippen molar-refractivity contribution in [2.24, 2.45) is 5.92 Å². The standard InChI is InChI=1S/C23H23NO3/c25-23(26)14-16-5-6-19(13-16)17-8-11-21(12-9-17)27-15-20-10-7-18-3-1-2-4-22(18)24-20/h1-4,7-12,16,19H,5-6,13-15H2,(H,25,26). The Morgan fingerprint density at radius 2 is 1.85 bits per heavy atom. The quantitative estimate of drug-likeness (QED) is 0.658. The molecule has 2 aromatic carbocycles. The van der Waals surface area contributed by atoms with Crippen molar-refractivity contribution in [2.45, 2.75) is 38.2 Å². The third kappa shape index (κ3) is 4.27. The molecule has 3 aromatic rings. The molecule has 0 saturated heterocycles. The molecule has 4 rings (SSSR count). The van der Waals surface area contributed by atoms with Crippen molar-refractivity contribution < 1.29 is 14.6 Å². The Kier molecular flexibility index (Phi) is 5.05. The van der Waals surface area contributed by atoms with Gasteiger partial charge in [-0.3, -0.25) is 4.79 Å². The zero-order valence-electron chi connectivity index (χ0n) is 15.2. The van der Waals surface area contributed by atoms with Crippen LogP contribution in [-0.4, -0.2) is 16.1 Å². The molecule has 1 fully saturated rings. The second-order valence-corrected chi connectivity index (χ2v) is 7.33. The van der Waals surface area contributed by atoms with Gasteiger partial charge in [0.1, 0.15) is 12.4 Å². The number of benzene rings is 2. The number of nitrogens with zero attached hydrogens (tertiary/aromatic N) is 1. The van der Waals surface area contributed by atoms with E-state index in [0.717, 1.165) is 41.6 Å². The van der Waals surface area contributed by atoms with E-state index in [1.165, 1.54) is 5.56 Å². The number of pyridine rings is 1. The Bertz CT molecular complexity index is 936. The number of para-hydroxylation sites is 1. The van der Waals surface area contributed by atoms with Crippen LogP contribution in [0.3, 0.4) is 0 Å².